The van der Waals surface area contributed by atoms with Crippen molar-refractivity contribution in [2.24, 2.45) is 0 Å². The number of aromatic hydroxyl groups is 1. The van der Waals surface area contributed by atoms with Gasteiger partial charge in [0.25, 0.3) is 17.4 Å². The molecule has 14 heteroatoms. The van der Waals surface area contributed by atoms with E-state index in [1.165, 1.54) is 24.4 Å². The Kier molecular flexibility index (Phi) is 11.4. The normalized spacial score (nSPS) is 13.1. The SMILES string of the molecule is CC(=O)N1CCN(CCn2cccc(-c3ccc(C(=O)Nc4c(O)cc(Cl)cc4C(=O)Nc4ccc(Cl)cn4)cc3)c2=O)CC1.Cl. The molecule has 5 rings (SSSR count). The zero-order valence-electron chi connectivity index (χ0n) is 24.7. The zero-order valence-corrected chi connectivity index (χ0v) is 27.0. The van der Waals surface area contributed by atoms with Crippen LogP contribution >= 0.6 is 35.6 Å². The van der Waals surface area contributed by atoms with Crippen LogP contribution in [0.1, 0.15) is 27.6 Å². The predicted octanol–water partition coefficient (Wildman–Crippen LogP) is 5.01. The van der Waals surface area contributed by atoms with Gasteiger partial charge in [-0.05, 0) is 48.0 Å². The van der Waals surface area contributed by atoms with Crippen molar-refractivity contribution in [1.82, 2.24) is 19.4 Å². The third-order valence-electron chi connectivity index (χ3n) is 7.49. The lowest BCUT2D eigenvalue weighted by Gasteiger charge is -2.34. The van der Waals surface area contributed by atoms with E-state index in [1.54, 1.807) is 60.2 Å². The molecule has 1 fully saturated rings. The molecule has 2 aromatic carbocycles. The van der Waals surface area contributed by atoms with Crippen LogP contribution in [0.5, 0.6) is 5.75 Å². The fraction of sp³-hybridized carbons (Fsp3) is 0.219. The molecule has 11 nitrogen and oxygen atoms in total. The van der Waals surface area contributed by atoms with E-state index < -0.39 is 17.6 Å². The van der Waals surface area contributed by atoms with Crippen molar-refractivity contribution in [3.8, 4) is 16.9 Å². The number of phenols is 1. The van der Waals surface area contributed by atoms with Crippen molar-refractivity contribution >= 4 is 64.8 Å². The molecule has 0 bridgehead atoms. The first-order valence-electron chi connectivity index (χ1n) is 14.1. The summed E-state index contributed by atoms with van der Waals surface area (Å²) >= 11 is 11.9. The van der Waals surface area contributed by atoms with Gasteiger partial charge in [-0.15, -0.1) is 12.4 Å². The monoisotopic (exact) mass is 684 g/mol. The number of piperazine rings is 1. The third-order valence-corrected chi connectivity index (χ3v) is 7.93. The summed E-state index contributed by atoms with van der Waals surface area (Å²) in [5.41, 5.74) is 0.983. The van der Waals surface area contributed by atoms with E-state index >= 15 is 0 Å². The highest BCUT2D eigenvalue weighted by Crippen LogP contribution is 2.33. The molecule has 0 aliphatic carbocycles. The van der Waals surface area contributed by atoms with Crippen molar-refractivity contribution < 1.29 is 19.5 Å². The standard InChI is InChI=1S/C32H30Cl2N6O5.ClH/c1-20(41)39-14-11-38(12-15-39)13-16-40-10-2-3-25(32(40)45)21-4-6-22(7-5-21)30(43)37-29-26(17-24(34)18-27(29)42)31(44)36-28-9-8-23(33)19-35-28;/h2-10,17-19,42H,11-16H2,1H3,(H,37,43)(H,35,36,44);1H. The first-order valence-corrected chi connectivity index (χ1v) is 14.9. The number of carbonyl (C=O) groups is 3. The molecule has 0 unspecified atom stereocenters. The summed E-state index contributed by atoms with van der Waals surface area (Å²) in [6, 6.07) is 15.6. The van der Waals surface area contributed by atoms with E-state index in [9.17, 15) is 24.3 Å². The average molecular weight is 686 g/mol. The Hall–Kier alpha value is -4.42. The van der Waals surface area contributed by atoms with E-state index in [0.29, 0.717) is 42.3 Å². The Labute approximate surface area is 281 Å². The lowest BCUT2D eigenvalue weighted by molar-refractivity contribution is -0.130. The van der Waals surface area contributed by atoms with Crippen LogP contribution in [0, 0.1) is 0 Å². The molecule has 4 aromatic rings. The number of pyridine rings is 2. The number of aromatic nitrogens is 2. The fourth-order valence-electron chi connectivity index (χ4n) is 4.99. The first kappa shape index (κ1) is 34.5. The number of benzene rings is 2. The van der Waals surface area contributed by atoms with Gasteiger partial charge >= 0.3 is 0 Å². The highest BCUT2D eigenvalue weighted by Gasteiger charge is 2.21. The molecule has 3 amide bonds. The van der Waals surface area contributed by atoms with Crippen LogP contribution in [0.15, 0.2) is 77.9 Å². The maximum Gasteiger partial charge on any atom is 0.259 e. The summed E-state index contributed by atoms with van der Waals surface area (Å²) in [4.78, 5) is 59.1. The van der Waals surface area contributed by atoms with E-state index in [1.807, 2.05) is 4.90 Å². The number of hydrogen-bond acceptors (Lipinski definition) is 7. The number of anilines is 2. The van der Waals surface area contributed by atoms with Gasteiger partial charge < -0.3 is 25.2 Å². The van der Waals surface area contributed by atoms with Crippen LogP contribution in [0.4, 0.5) is 11.5 Å². The van der Waals surface area contributed by atoms with Crippen LogP contribution in [-0.4, -0.2) is 74.9 Å². The van der Waals surface area contributed by atoms with Gasteiger partial charge in [0.05, 0.1) is 16.3 Å². The highest BCUT2D eigenvalue weighted by molar-refractivity contribution is 6.32. The van der Waals surface area contributed by atoms with Gasteiger partial charge in [-0.2, -0.15) is 0 Å². The zero-order chi connectivity index (χ0) is 32.1. The molecule has 0 saturated carbocycles. The van der Waals surface area contributed by atoms with Crippen molar-refractivity contribution in [2.75, 3.05) is 43.4 Å². The highest BCUT2D eigenvalue weighted by atomic mass is 35.5. The molecular weight excluding hydrogens is 655 g/mol. The molecule has 1 aliphatic rings. The van der Waals surface area contributed by atoms with Crippen LogP contribution in [0.2, 0.25) is 10.0 Å². The smallest absolute Gasteiger partial charge is 0.259 e. The van der Waals surface area contributed by atoms with Crippen molar-refractivity contribution in [3.05, 3.63) is 105 Å². The maximum absolute atomic E-state index is 13.3. The minimum absolute atomic E-state index is 0. The Bertz CT molecular complexity index is 1790. The minimum Gasteiger partial charge on any atom is -0.506 e. The van der Waals surface area contributed by atoms with E-state index in [0.717, 1.165) is 13.1 Å². The summed E-state index contributed by atoms with van der Waals surface area (Å²) in [6.07, 6.45) is 3.11. The lowest BCUT2D eigenvalue weighted by atomic mass is 10.0. The number of amides is 3. The van der Waals surface area contributed by atoms with E-state index in [4.69, 9.17) is 23.2 Å². The fourth-order valence-corrected chi connectivity index (χ4v) is 5.32. The molecule has 0 atom stereocenters. The van der Waals surface area contributed by atoms with Crippen LogP contribution in [0.3, 0.4) is 0 Å². The summed E-state index contributed by atoms with van der Waals surface area (Å²) in [7, 11) is 0. The second kappa shape index (κ2) is 15.2. The van der Waals surface area contributed by atoms with Crippen molar-refractivity contribution in [1.29, 1.82) is 0 Å². The number of halogens is 3. The van der Waals surface area contributed by atoms with Gasteiger partial charge in [0, 0.05) is 80.8 Å². The lowest BCUT2D eigenvalue weighted by Crippen LogP contribution is -2.48. The Morgan fingerprint density at radius 1 is 0.891 bits per heavy atom. The van der Waals surface area contributed by atoms with Crippen molar-refractivity contribution in [2.45, 2.75) is 13.5 Å². The van der Waals surface area contributed by atoms with Gasteiger partial charge in [-0.25, -0.2) is 4.98 Å². The molecule has 1 aliphatic heterocycles. The first-order chi connectivity index (χ1) is 21.6. The minimum atomic E-state index is -0.660. The molecular formula is C32H31Cl3N6O5. The number of carbonyl (C=O) groups excluding carboxylic acids is 3. The molecule has 0 spiro atoms. The Morgan fingerprint density at radius 2 is 1.61 bits per heavy atom. The number of phenolic OH excluding ortho intramolecular Hbond substituents is 1. The number of nitrogens with zero attached hydrogens (tertiary/aromatic N) is 4. The summed E-state index contributed by atoms with van der Waals surface area (Å²) in [5, 5.41) is 16.2. The van der Waals surface area contributed by atoms with Crippen molar-refractivity contribution in [3.63, 3.8) is 0 Å². The molecule has 2 aromatic heterocycles. The predicted molar refractivity (Wildman–Crippen MR) is 180 cm³/mol. The van der Waals surface area contributed by atoms with E-state index in [2.05, 4.69) is 20.5 Å². The molecule has 3 heterocycles. The van der Waals surface area contributed by atoms with Gasteiger partial charge in [0.1, 0.15) is 11.6 Å². The van der Waals surface area contributed by atoms with Crippen LogP contribution < -0.4 is 16.2 Å². The maximum atomic E-state index is 13.3. The summed E-state index contributed by atoms with van der Waals surface area (Å²) in [5.74, 6) is -1.36. The summed E-state index contributed by atoms with van der Waals surface area (Å²) in [6.45, 7) is 5.63. The molecule has 1 saturated heterocycles. The third kappa shape index (κ3) is 8.24. The second-order valence-corrected chi connectivity index (χ2v) is 11.3. The number of rotatable bonds is 8. The van der Waals surface area contributed by atoms with Gasteiger partial charge in [0.15, 0.2) is 0 Å². The largest absolute Gasteiger partial charge is 0.506 e. The Morgan fingerprint density at radius 3 is 2.26 bits per heavy atom. The quantitative estimate of drug-likeness (QED) is 0.222. The van der Waals surface area contributed by atoms with Crippen LogP contribution in [-0.2, 0) is 11.3 Å². The average Bonchev–Trinajstić information content (AvgIpc) is 3.03. The van der Waals surface area contributed by atoms with Gasteiger partial charge in [-0.3, -0.25) is 24.1 Å². The van der Waals surface area contributed by atoms with Crippen LogP contribution in [0.25, 0.3) is 11.1 Å². The summed E-state index contributed by atoms with van der Waals surface area (Å²) < 4.78 is 1.66. The number of nitrogens with one attached hydrogen (secondary N) is 2. The molecule has 0 radical (unpaired) electrons. The number of hydrogen-bond donors (Lipinski definition) is 3. The van der Waals surface area contributed by atoms with Gasteiger partial charge in [0.2, 0.25) is 5.91 Å². The molecule has 240 valence electrons. The van der Waals surface area contributed by atoms with Gasteiger partial charge in [-0.1, -0.05) is 35.3 Å². The molecule has 46 heavy (non-hydrogen) atoms. The Balaban J connectivity index is 0.00000480. The molecule has 3 N–H and O–H groups in total. The van der Waals surface area contributed by atoms with E-state index in [-0.39, 0.29) is 51.5 Å². The topological polar surface area (TPSA) is 137 Å². The second-order valence-electron chi connectivity index (χ2n) is 10.5.